The van der Waals surface area contributed by atoms with Crippen LogP contribution in [0.2, 0.25) is 0 Å². The van der Waals surface area contributed by atoms with Crippen molar-refractivity contribution in [3.63, 3.8) is 0 Å². The van der Waals surface area contributed by atoms with Gasteiger partial charge in [0.25, 0.3) is 0 Å². The summed E-state index contributed by atoms with van der Waals surface area (Å²) >= 11 is 0. The van der Waals surface area contributed by atoms with Gasteiger partial charge in [0, 0.05) is 11.1 Å². The molecule has 1 aliphatic rings. The third kappa shape index (κ3) is 5.04. The molecule has 4 aromatic carbocycles. The van der Waals surface area contributed by atoms with Gasteiger partial charge in [0.1, 0.15) is 40.1 Å². The number of aryl methyl sites for hydroxylation is 1. The van der Waals surface area contributed by atoms with Gasteiger partial charge in [0.15, 0.2) is 0 Å². The molecule has 2 heterocycles. The van der Waals surface area contributed by atoms with Crippen LogP contribution in [0, 0.1) is 6.92 Å². The van der Waals surface area contributed by atoms with E-state index in [9.17, 15) is 9.59 Å². The molecule has 0 fully saturated rings. The van der Waals surface area contributed by atoms with Crippen molar-refractivity contribution in [1.29, 1.82) is 0 Å². The summed E-state index contributed by atoms with van der Waals surface area (Å²) in [6, 6.07) is 22.5. The SMILES string of the molecule is COC(=O)Oc1ccc2ccc3c(c2c1)C(c1ccc(C)o1)c1c(ccc2ccc(OC(=O)OC(C)(C)C)cc12)O3. The molecule has 8 heteroatoms. The highest BCUT2D eigenvalue weighted by atomic mass is 16.7. The first-order valence-electron chi connectivity index (χ1n) is 13.1. The van der Waals surface area contributed by atoms with Crippen LogP contribution in [0.1, 0.15) is 49.3 Å². The normalized spacial score (nSPS) is 14.1. The molecule has 0 spiro atoms. The maximum absolute atomic E-state index is 12.5. The molecule has 1 unspecified atom stereocenters. The molecule has 1 atom stereocenters. The van der Waals surface area contributed by atoms with Gasteiger partial charge in [0.2, 0.25) is 0 Å². The summed E-state index contributed by atoms with van der Waals surface area (Å²) in [5, 5.41) is 3.50. The van der Waals surface area contributed by atoms with Crippen LogP contribution in [0.3, 0.4) is 0 Å². The Morgan fingerprint density at radius 2 is 1.27 bits per heavy atom. The van der Waals surface area contributed by atoms with Crippen molar-refractivity contribution < 1.29 is 37.7 Å². The van der Waals surface area contributed by atoms with Crippen LogP contribution in [0.4, 0.5) is 9.59 Å². The smallest absolute Gasteiger partial charge is 0.465 e. The minimum absolute atomic E-state index is 0.337. The first-order chi connectivity index (χ1) is 19.6. The number of benzene rings is 4. The van der Waals surface area contributed by atoms with Crippen molar-refractivity contribution in [1.82, 2.24) is 0 Å². The summed E-state index contributed by atoms with van der Waals surface area (Å²) < 4.78 is 33.6. The van der Waals surface area contributed by atoms with Gasteiger partial charge in [-0.15, -0.1) is 0 Å². The average Bonchev–Trinajstić information content (AvgIpc) is 3.36. The van der Waals surface area contributed by atoms with Crippen LogP contribution >= 0.6 is 0 Å². The lowest BCUT2D eigenvalue weighted by molar-refractivity contribution is 0.0206. The molecule has 0 bridgehead atoms. The van der Waals surface area contributed by atoms with Crippen molar-refractivity contribution in [3.05, 3.63) is 95.4 Å². The van der Waals surface area contributed by atoms with E-state index < -0.39 is 17.9 Å². The first kappa shape index (κ1) is 26.3. The van der Waals surface area contributed by atoms with E-state index in [1.807, 2.05) is 61.5 Å². The summed E-state index contributed by atoms with van der Waals surface area (Å²) in [6.07, 6.45) is -1.59. The summed E-state index contributed by atoms with van der Waals surface area (Å²) in [6.45, 7) is 7.23. The zero-order valence-corrected chi connectivity index (χ0v) is 23.3. The maximum atomic E-state index is 12.5. The van der Waals surface area contributed by atoms with Crippen molar-refractivity contribution in [2.24, 2.45) is 0 Å². The zero-order valence-electron chi connectivity index (χ0n) is 23.3. The summed E-state index contributed by atoms with van der Waals surface area (Å²) in [5.74, 6) is 3.07. The number of ether oxygens (including phenoxy) is 5. The molecule has 8 nitrogen and oxygen atoms in total. The predicted octanol–water partition coefficient (Wildman–Crippen LogP) is 8.64. The molecule has 41 heavy (non-hydrogen) atoms. The number of carbonyl (C=O) groups is 2. The largest absolute Gasteiger partial charge is 0.514 e. The minimum Gasteiger partial charge on any atom is -0.465 e. The highest BCUT2D eigenvalue weighted by molar-refractivity contribution is 5.96. The molecule has 0 saturated heterocycles. The van der Waals surface area contributed by atoms with Crippen LogP contribution in [-0.2, 0) is 9.47 Å². The second-order valence-electron chi connectivity index (χ2n) is 10.8. The van der Waals surface area contributed by atoms with Gasteiger partial charge in [0.05, 0.1) is 13.0 Å². The molecule has 208 valence electrons. The number of furan rings is 1. The fourth-order valence-electron chi connectivity index (χ4n) is 5.17. The lowest BCUT2D eigenvalue weighted by atomic mass is 9.81. The Balaban J connectivity index is 1.56. The van der Waals surface area contributed by atoms with Crippen molar-refractivity contribution >= 4 is 33.9 Å². The highest BCUT2D eigenvalue weighted by Gasteiger charge is 2.34. The number of hydrogen-bond donors (Lipinski definition) is 0. The number of rotatable bonds is 3. The van der Waals surface area contributed by atoms with Crippen LogP contribution in [0.15, 0.2) is 77.2 Å². The third-order valence-corrected chi connectivity index (χ3v) is 6.79. The second-order valence-corrected chi connectivity index (χ2v) is 10.8. The fourth-order valence-corrected chi connectivity index (χ4v) is 5.17. The van der Waals surface area contributed by atoms with E-state index in [0.29, 0.717) is 28.8 Å². The Morgan fingerprint density at radius 1 is 0.732 bits per heavy atom. The topological polar surface area (TPSA) is 93.4 Å². The summed E-state index contributed by atoms with van der Waals surface area (Å²) in [4.78, 5) is 24.3. The Labute approximate surface area is 236 Å². The van der Waals surface area contributed by atoms with E-state index in [4.69, 9.17) is 23.4 Å². The molecular formula is C33H28O8. The summed E-state index contributed by atoms with van der Waals surface area (Å²) in [7, 11) is 1.26. The highest BCUT2D eigenvalue weighted by Crippen LogP contribution is 2.53. The van der Waals surface area contributed by atoms with Gasteiger partial charge in [-0.25, -0.2) is 9.59 Å². The van der Waals surface area contributed by atoms with E-state index in [-0.39, 0.29) is 5.92 Å². The van der Waals surface area contributed by atoms with E-state index >= 15 is 0 Å². The fraction of sp³-hybridized carbons (Fsp3) is 0.212. The number of hydrogen-bond acceptors (Lipinski definition) is 8. The summed E-state index contributed by atoms with van der Waals surface area (Å²) in [5.41, 5.74) is 1.01. The van der Waals surface area contributed by atoms with Gasteiger partial charge in [-0.05, 0) is 97.8 Å². The standard InChI is InChI=1S/C33H28O8/c1-18-6-13-27(37-18)30-28-23-16-21(38-31(34)36-5)11-7-19(23)9-14-25(28)40-26-15-10-20-8-12-22(17-24(20)29(26)30)39-32(35)41-33(2,3)4/h6-17,30H,1-5H3. The molecule has 5 aromatic rings. The molecule has 0 amide bonds. The Bertz CT molecular complexity index is 1830. The number of methoxy groups -OCH3 is 1. The van der Waals surface area contributed by atoms with E-state index in [2.05, 4.69) is 4.74 Å². The molecular weight excluding hydrogens is 524 g/mol. The lowest BCUT2D eigenvalue weighted by Crippen LogP contribution is -2.25. The van der Waals surface area contributed by atoms with Crippen molar-refractivity contribution in [3.8, 4) is 23.0 Å². The number of fused-ring (bicyclic) bond motifs is 6. The lowest BCUT2D eigenvalue weighted by Gasteiger charge is -2.30. The van der Waals surface area contributed by atoms with E-state index in [1.54, 1.807) is 39.0 Å². The Hall–Kier alpha value is -4.98. The van der Waals surface area contributed by atoms with Crippen molar-refractivity contribution in [2.45, 2.75) is 39.2 Å². The predicted molar refractivity (Wildman–Crippen MR) is 152 cm³/mol. The zero-order chi connectivity index (χ0) is 28.9. The van der Waals surface area contributed by atoms with E-state index in [0.717, 1.165) is 38.4 Å². The molecule has 0 aliphatic carbocycles. The van der Waals surface area contributed by atoms with Crippen LogP contribution in [0.5, 0.6) is 23.0 Å². The Kier molecular flexibility index (Phi) is 6.33. The molecule has 0 N–H and O–H groups in total. The average molecular weight is 553 g/mol. The van der Waals surface area contributed by atoms with Gasteiger partial charge in [-0.2, -0.15) is 0 Å². The second kappa shape index (κ2) is 9.89. The van der Waals surface area contributed by atoms with Crippen LogP contribution in [0.25, 0.3) is 21.5 Å². The molecule has 0 saturated carbocycles. The molecule has 1 aliphatic heterocycles. The van der Waals surface area contributed by atoms with Crippen LogP contribution in [-0.4, -0.2) is 25.0 Å². The van der Waals surface area contributed by atoms with E-state index in [1.165, 1.54) is 7.11 Å². The van der Waals surface area contributed by atoms with Gasteiger partial charge < -0.3 is 28.1 Å². The Morgan fingerprint density at radius 3 is 1.76 bits per heavy atom. The first-order valence-corrected chi connectivity index (χ1v) is 13.1. The van der Waals surface area contributed by atoms with Crippen LogP contribution < -0.4 is 14.2 Å². The quantitative estimate of drug-likeness (QED) is 0.159. The number of carbonyl (C=O) groups excluding carboxylic acids is 2. The third-order valence-electron chi connectivity index (χ3n) is 6.79. The molecule has 0 radical (unpaired) electrons. The molecule has 1 aromatic heterocycles. The van der Waals surface area contributed by atoms with Gasteiger partial charge in [-0.3, -0.25) is 0 Å². The molecule has 6 rings (SSSR count). The van der Waals surface area contributed by atoms with Gasteiger partial charge in [-0.1, -0.05) is 24.3 Å². The van der Waals surface area contributed by atoms with Gasteiger partial charge >= 0.3 is 12.3 Å². The monoisotopic (exact) mass is 552 g/mol. The van der Waals surface area contributed by atoms with Crippen molar-refractivity contribution in [2.75, 3.05) is 7.11 Å². The maximum Gasteiger partial charge on any atom is 0.514 e. The minimum atomic E-state index is -0.808.